The number of nitrogens with zero attached hydrogens (tertiary/aromatic N) is 1. The fourth-order valence-electron chi connectivity index (χ4n) is 1.19. The second kappa shape index (κ2) is 4.60. The summed E-state index contributed by atoms with van der Waals surface area (Å²) in [6.07, 6.45) is 3.17. The smallest absolute Gasteiger partial charge is 0.331 e. The molecule has 0 aromatic carbocycles. The number of allylic oxidation sites excluding steroid dienone is 1. The topological polar surface area (TPSA) is 55.0 Å². The standard InChI is InChI=1S/C10H14N2O2/c1-4-14-10(13)5-7(2)9-6-11-12-8(9)3/h5-6H,4H2,1-3H3,(H,11,12)/b7-5-. The van der Waals surface area contributed by atoms with Crippen molar-refractivity contribution >= 4 is 11.5 Å². The molecule has 0 atom stereocenters. The molecule has 4 heteroatoms. The van der Waals surface area contributed by atoms with Crippen molar-refractivity contribution in [2.45, 2.75) is 20.8 Å². The molecule has 0 fully saturated rings. The fourth-order valence-corrected chi connectivity index (χ4v) is 1.19. The molecule has 14 heavy (non-hydrogen) atoms. The van der Waals surface area contributed by atoms with Crippen LogP contribution in [-0.4, -0.2) is 22.8 Å². The Morgan fingerprint density at radius 3 is 2.93 bits per heavy atom. The van der Waals surface area contributed by atoms with Crippen LogP contribution in [0.2, 0.25) is 0 Å². The van der Waals surface area contributed by atoms with Crippen molar-refractivity contribution in [1.82, 2.24) is 10.2 Å². The summed E-state index contributed by atoms with van der Waals surface area (Å²) in [5.41, 5.74) is 2.75. The van der Waals surface area contributed by atoms with Crippen LogP contribution in [-0.2, 0) is 9.53 Å². The van der Waals surface area contributed by atoms with Gasteiger partial charge in [-0.2, -0.15) is 5.10 Å². The van der Waals surface area contributed by atoms with Gasteiger partial charge in [0.2, 0.25) is 0 Å². The van der Waals surface area contributed by atoms with E-state index in [9.17, 15) is 4.79 Å². The van der Waals surface area contributed by atoms with Crippen molar-refractivity contribution in [2.75, 3.05) is 6.61 Å². The van der Waals surface area contributed by atoms with Crippen LogP contribution < -0.4 is 0 Å². The normalized spacial score (nSPS) is 11.5. The first kappa shape index (κ1) is 10.5. The van der Waals surface area contributed by atoms with Crippen LogP contribution in [0.4, 0.5) is 0 Å². The molecule has 1 N–H and O–H groups in total. The second-order valence-corrected chi connectivity index (χ2v) is 2.99. The van der Waals surface area contributed by atoms with Crippen molar-refractivity contribution in [3.8, 4) is 0 Å². The summed E-state index contributed by atoms with van der Waals surface area (Å²) in [6, 6.07) is 0. The van der Waals surface area contributed by atoms with E-state index in [1.54, 1.807) is 13.1 Å². The lowest BCUT2D eigenvalue weighted by molar-refractivity contribution is -0.137. The Morgan fingerprint density at radius 1 is 1.71 bits per heavy atom. The van der Waals surface area contributed by atoms with Gasteiger partial charge in [-0.3, -0.25) is 5.10 Å². The number of aromatic nitrogens is 2. The van der Waals surface area contributed by atoms with Crippen molar-refractivity contribution in [2.24, 2.45) is 0 Å². The largest absolute Gasteiger partial charge is 0.463 e. The number of aryl methyl sites for hydroxylation is 1. The lowest BCUT2D eigenvalue weighted by Crippen LogP contribution is -2.00. The quantitative estimate of drug-likeness (QED) is 0.588. The van der Waals surface area contributed by atoms with E-state index in [0.717, 1.165) is 16.8 Å². The summed E-state index contributed by atoms with van der Waals surface area (Å²) in [5.74, 6) is -0.314. The monoisotopic (exact) mass is 194 g/mol. The number of aromatic amines is 1. The molecule has 0 bridgehead atoms. The van der Waals surface area contributed by atoms with Crippen LogP contribution in [0, 0.1) is 6.92 Å². The Kier molecular flexibility index (Phi) is 3.45. The molecule has 0 amide bonds. The van der Waals surface area contributed by atoms with Gasteiger partial charge >= 0.3 is 5.97 Å². The zero-order valence-electron chi connectivity index (χ0n) is 8.63. The first-order valence-corrected chi connectivity index (χ1v) is 4.50. The van der Waals surface area contributed by atoms with Crippen molar-refractivity contribution in [3.05, 3.63) is 23.5 Å². The molecule has 76 valence electrons. The second-order valence-electron chi connectivity index (χ2n) is 2.99. The van der Waals surface area contributed by atoms with Crippen LogP contribution in [0.1, 0.15) is 25.1 Å². The maximum Gasteiger partial charge on any atom is 0.331 e. The summed E-state index contributed by atoms with van der Waals surface area (Å²) in [6.45, 7) is 5.94. The van der Waals surface area contributed by atoms with Crippen LogP contribution in [0.3, 0.4) is 0 Å². The van der Waals surface area contributed by atoms with Crippen molar-refractivity contribution in [1.29, 1.82) is 0 Å². The van der Waals surface area contributed by atoms with E-state index in [1.165, 1.54) is 6.08 Å². The Hall–Kier alpha value is -1.58. The zero-order valence-corrected chi connectivity index (χ0v) is 8.63. The summed E-state index contributed by atoms with van der Waals surface area (Å²) in [7, 11) is 0. The molecule has 1 heterocycles. The molecule has 1 aromatic heterocycles. The maximum atomic E-state index is 11.1. The number of hydrogen-bond acceptors (Lipinski definition) is 3. The van der Waals surface area contributed by atoms with Crippen LogP contribution in [0.15, 0.2) is 12.3 Å². The average molecular weight is 194 g/mol. The van der Waals surface area contributed by atoms with Gasteiger partial charge in [-0.05, 0) is 26.3 Å². The first-order valence-electron chi connectivity index (χ1n) is 4.50. The van der Waals surface area contributed by atoms with E-state index in [-0.39, 0.29) is 5.97 Å². The molecular formula is C10H14N2O2. The molecule has 0 unspecified atom stereocenters. The van der Waals surface area contributed by atoms with Crippen molar-refractivity contribution in [3.63, 3.8) is 0 Å². The molecule has 0 aliphatic carbocycles. The van der Waals surface area contributed by atoms with Gasteiger partial charge in [-0.1, -0.05) is 0 Å². The maximum absolute atomic E-state index is 11.1. The Morgan fingerprint density at radius 2 is 2.43 bits per heavy atom. The highest BCUT2D eigenvalue weighted by Gasteiger charge is 2.04. The van der Waals surface area contributed by atoms with Crippen LogP contribution >= 0.6 is 0 Å². The number of H-pyrrole nitrogens is 1. The molecule has 4 nitrogen and oxygen atoms in total. The van der Waals surface area contributed by atoms with Gasteiger partial charge in [0, 0.05) is 17.3 Å². The number of rotatable bonds is 3. The van der Waals surface area contributed by atoms with Gasteiger partial charge in [0.05, 0.1) is 12.8 Å². The number of esters is 1. The molecule has 1 aromatic rings. The predicted molar refractivity (Wildman–Crippen MR) is 53.6 cm³/mol. The summed E-state index contributed by atoms with van der Waals surface area (Å²) in [4.78, 5) is 11.1. The summed E-state index contributed by atoms with van der Waals surface area (Å²) >= 11 is 0. The molecule has 0 radical (unpaired) electrons. The third-order valence-electron chi connectivity index (χ3n) is 1.88. The van der Waals surface area contributed by atoms with Gasteiger partial charge < -0.3 is 4.74 Å². The predicted octanol–water partition coefficient (Wildman–Crippen LogP) is 1.68. The Bertz CT molecular complexity index is 353. The van der Waals surface area contributed by atoms with Crippen LogP contribution in [0.25, 0.3) is 5.57 Å². The number of carbonyl (C=O) groups is 1. The first-order chi connectivity index (χ1) is 6.65. The molecular weight excluding hydrogens is 180 g/mol. The van der Waals surface area contributed by atoms with E-state index in [0.29, 0.717) is 6.61 Å². The van der Waals surface area contributed by atoms with E-state index in [4.69, 9.17) is 4.74 Å². The zero-order chi connectivity index (χ0) is 10.6. The van der Waals surface area contributed by atoms with Crippen molar-refractivity contribution < 1.29 is 9.53 Å². The lowest BCUT2D eigenvalue weighted by atomic mass is 10.1. The highest BCUT2D eigenvalue weighted by molar-refractivity contribution is 5.91. The molecule has 0 aliphatic heterocycles. The number of carbonyl (C=O) groups excluding carboxylic acids is 1. The van der Waals surface area contributed by atoms with Crippen LogP contribution in [0.5, 0.6) is 0 Å². The van der Waals surface area contributed by atoms with Gasteiger partial charge in [0.25, 0.3) is 0 Å². The van der Waals surface area contributed by atoms with Gasteiger partial charge in [-0.15, -0.1) is 0 Å². The third-order valence-corrected chi connectivity index (χ3v) is 1.88. The Balaban J connectivity index is 2.79. The van der Waals surface area contributed by atoms with Gasteiger partial charge in [0.15, 0.2) is 0 Å². The molecule has 0 spiro atoms. The van der Waals surface area contributed by atoms with E-state index in [1.807, 2.05) is 13.8 Å². The number of ether oxygens (including phenoxy) is 1. The minimum atomic E-state index is -0.314. The molecule has 0 saturated carbocycles. The molecule has 0 saturated heterocycles. The molecule has 0 aliphatic rings. The lowest BCUT2D eigenvalue weighted by Gasteiger charge is -1.99. The Labute approximate surface area is 83.0 Å². The minimum absolute atomic E-state index is 0.314. The van der Waals surface area contributed by atoms with E-state index < -0.39 is 0 Å². The highest BCUT2D eigenvalue weighted by atomic mass is 16.5. The van der Waals surface area contributed by atoms with E-state index in [2.05, 4.69) is 10.2 Å². The minimum Gasteiger partial charge on any atom is -0.463 e. The van der Waals surface area contributed by atoms with Gasteiger partial charge in [-0.25, -0.2) is 4.79 Å². The average Bonchev–Trinajstić information content (AvgIpc) is 2.51. The highest BCUT2D eigenvalue weighted by Crippen LogP contribution is 2.15. The summed E-state index contributed by atoms with van der Waals surface area (Å²) in [5, 5.41) is 6.69. The molecule has 1 rings (SSSR count). The SMILES string of the molecule is CCOC(=O)/C=C(/C)c1cn[nH]c1C. The number of hydrogen-bond donors (Lipinski definition) is 1. The number of nitrogens with one attached hydrogen (secondary N) is 1. The third kappa shape index (κ3) is 2.45. The summed E-state index contributed by atoms with van der Waals surface area (Å²) < 4.78 is 4.80. The van der Waals surface area contributed by atoms with Gasteiger partial charge in [0.1, 0.15) is 0 Å². The van der Waals surface area contributed by atoms with E-state index >= 15 is 0 Å². The fraction of sp³-hybridized carbons (Fsp3) is 0.400.